The first kappa shape index (κ1) is 18.2. The van der Waals surface area contributed by atoms with Gasteiger partial charge in [0, 0.05) is 32.6 Å². The summed E-state index contributed by atoms with van der Waals surface area (Å²) in [4.78, 5) is 41.3. The molecule has 0 aliphatic rings. The molecule has 0 aromatic carbocycles. The van der Waals surface area contributed by atoms with Crippen LogP contribution in [0.5, 0.6) is 11.6 Å². The van der Waals surface area contributed by atoms with Gasteiger partial charge in [0.15, 0.2) is 0 Å². The predicted octanol–water partition coefficient (Wildman–Crippen LogP) is 0.332. The van der Waals surface area contributed by atoms with E-state index in [1.165, 1.54) is 51.6 Å². The third-order valence-corrected chi connectivity index (χ3v) is 4.37. The van der Waals surface area contributed by atoms with Gasteiger partial charge in [-0.05, 0) is 24.6 Å². The molecule has 9 heteroatoms. The minimum atomic E-state index is -1.17. The van der Waals surface area contributed by atoms with Crippen LogP contribution in [0.3, 0.4) is 0 Å². The molecular formula is C18H17N3O6. The molecule has 0 fully saturated rings. The van der Waals surface area contributed by atoms with E-state index in [4.69, 9.17) is 4.42 Å². The van der Waals surface area contributed by atoms with Crippen LogP contribution >= 0.6 is 0 Å². The Morgan fingerprint density at radius 1 is 1.04 bits per heavy atom. The number of pyridine rings is 1. The molecular weight excluding hydrogens is 354 g/mol. The molecule has 2 N–H and O–H groups in total. The monoisotopic (exact) mass is 371 g/mol. The summed E-state index contributed by atoms with van der Waals surface area (Å²) in [5, 5.41) is 20.9. The highest BCUT2D eigenvalue weighted by Crippen LogP contribution is 2.36. The number of aromatic hydroxyl groups is 2. The Hall–Kier alpha value is -3.62. The van der Waals surface area contributed by atoms with Crippen LogP contribution in [0.1, 0.15) is 28.4 Å². The van der Waals surface area contributed by atoms with Crippen molar-refractivity contribution in [3.8, 4) is 11.6 Å². The highest BCUT2D eigenvalue weighted by Gasteiger charge is 2.31. The van der Waals surface area contributed by atoms with E-state index in [0.29, 0.717) is 5.56 Å². The standard InChI is InChI=1S/C18H17N3O6/c1-9-8-11(22)13(17(25)27-9)12(10-4-6-19-7-5-10)14-15(23)20(2)18(26)21(3)16(14)24/h4-8,12,22-23H,1-3H3. The highest BCUT2D eigenvalue weighted by atomic mass is 16.4. The lowest BCUT2D eigenvalue weighted by atomic mass is 9.86. The van der Waals surface area contributed by atoms with Crippen LogP contribution in [0, 0.1) is 6.92 Å². The van der Waals surface area contributed by atoms with E-state index in [1.54, 1.807) is 0 Å². The Morgan fingerprint density at radius 2 is 1.67 bits per heavy atom. The van der Waals surface area contributed by atoms with Gasteiger partial charge in [-0.15, -0.1) is 0 Å². The molecule has 0 aliphatic carbocycles. The minimum Gasteiger partial charge on any atom is -0.507 e. The fourth-order valence-corrected chi connectivity index (χ4v) is 3.02. The smallest absolute Gasteiger partial charge is 0.343 e. The molecule has 3 heterocycles. The van der Waals surface area contributed by atoms with E-state index in [0.717, 1.165) is 9.13 Å². The quantitative estimate of drug-likeness (QED) is 0.679. The molecule has 1 unspecified atom stereocenters. The normalized spacial score (nSPS) is 12.1. The van der Waals surface area contributed by atoms with Crippen molar-refractivity contribution in [2.45, 2.75) is 12.8 Å². The van der Waals surface area contributed by atoms with Crippen molar-refractivity contribution in [1.82, 2.24) is 14.1 Å². The summed E-state index contributed by atoms with van der Waals surface area (Å²) < 4.78 is 6.79. The van der Waals surface area contributed by atoms with E-state index in [9.17, 15) is 24.6 Å². The third-order valence-electron chi connectivity index (χ3n) is 4.37. The summed E-state index contributed by atoms with van der Waals surface area (Å²) in [5.74, 6) is -1.98. The molecule has 3 rings (SSSR count). The number of hydrogen-bond acceptors (Lipinski definition) is 7. The zero-order valence-corrected chi connectivity index (χ0v) is 14.8. The van der Waals surface area contributed by atoms with Crippen molar-refractivity contribution < 1.29 is 14.6 Å². The Kier molecular flexibility index (Phi) is 4.44. The fourth-order valence-electron chi connectivity index (χ4n) is 3.02. The number of nitrogens with zero attached hydrogens (tertiary/aromatic N) is 3. The van der Waals surface area contributed by atoms with Gasteiger partial charge in [0.05, 0.1) is 17.0 Å². The molecule has 3 aromatic heterocycles. The van der Waals surface area contributed by atoms with Crippen LogP contribution in [-0.2, 0) is 14.1 Å². The van der Waals surface area contributed by atoms with Gasteiger partial charge >= 0.3 is 11.3 Å². The fraction of sp³-hybridized carbons (Fsp3) is 0.222. The van der Waals surface area contributed by atoms with Gasteiger partial charge in [0.2, 0.25) is 5.88 Å². The zero-order valence-electron chi connectivity index (χ0n) is 14.8. The molecule has 0 spiro atoms. The van der Waals surface area contributed by atoms with E-state index in [-0.39, 0.29) is 22.6 Å². The number of aryl methyl sites for hydroxylation is 1. The molecule has 0 aliphatic heterocycles. The molecule has 0 bridgehead atoms. The number of rotatable bonds is 3. The molecule has 27 heavy (non-hydrogen) atoms. The maximum Gasteiger partial charge on any atom is 0.343 e. The van der Waals surface area contributed by atoms with E-state index >= 15 is 0 Å². The van der Waals surface area contributed by atoms with Gasteiger partial charge in [-0.25, -0.2) is 9.59 Å². The average molecular weight is 371 g/mol. The van der Waals surface area contributed by atoms with Crippen LogP contribution in [-0.4, -0.2) is 24.3 Å². The molecule has 3 aromatic rings. The van der Waals surface area contributed by atoms with Crippen molar-refractivity contribution >= 4 is 0 Å². The van der Waals surface area contributed by atoms with Crippen LogP contribution in [0.4, 0.5) is 0 Å². The second kappa shape index (κ2) is 6.60. The van der Waals surface area contributed by atoms with Gasteiger partial charge in [-0.1, -0.05) is 0 Å². The van der Waals surface area contributed by atoms with Crippen molar-refractivity contribution in [3.63, 3.8) is 0 Å². The lowest BCUT2D eigenvalue weighted by Gasteiger charge is -2.20. The number of aromatic nitrogens is 3. The molecule has 0 saturated carbocycles. The summed E-state index contributed by atoms with van der Waals surface area (Å²) in [5.41, 5.74) is -2.44. The summed E-state index contributed by atoms with van der Waals surface area (Å²) in [6.45, 7) is 1.50. The third kappa shape index (κ3) is 2.92. The first-order valence-corrected chi connectivity index (χ1v) is 7.96. The Morgan fingerprint density at radius 3 is 2.26 bits per heavy atom. The summed E-state index contributed by atoms with van der Waals surface area (Å²) in [7, 11) is 2.55. The molecule has 0 saturated heterocycles. The van der Waals surface area contributed by atoms with Crippen LogP contribution < -0.4 is 16.9 Å². The summed E-state index contributed by atoms with van der Waals surface area (Å²) in [6, 6.07) is 4.31. The van der Waals surface area contributed by atoms with E-state index in [2.05, 4.69) is 4.98 Å². The van der Waals surface area contributed by atoms with Crippen molar-refractivity contribution in [1.29, 1.82) is 0 Å². The highest BCUT2D eigenvalue weighted by molar-refractivity contribution is 5.49. The van der Waals surface area contributed by atoms with Crippen molar-refractivity contribution in [3.05, 3.63) is 84.3 Å². The Balaban J connectivity index is 2.48. The molecule has 1 atom stereocenters. The van der Waals surface area contributed by atoms with Gasteiger partial charge in [-0.2, -0.15) is 0 Å². The second-order valence-corrected chi connectivity index (χ2v) is 6.10. The topological polar surface area (TPSA) is 128 Å². The zero-order chi connectivity index (χ0) is 19.9. The van der Waals surface area contributed by atoms with E-state index in [1.807, 2.05) is 0 Å². The van der Waals surface area contributed by atoms with Crippen molar-refractivity contribution in [2.75, 3.05) is 0 Å². The van der Waals surface area contributed by atoms with Gasteiger partial charge < -0.3 is 14.6 Å². The van der Waals surface area contributed by atoms with Crippen molar-refractivity contribution in [2.24, 2.45) is 14.1 Å². The molecule has 9 nitrogen and oxygen atoms in total. The van der Waals surface area contributed by atoms with Gasteiger partial charge in [0.1, 0.15) is 11.5 Å². The molecule has 140 valence electrons. The van der Waals surface area contributed by atoms with Gasteiger partial charge in [-0.3, -0.25) is 18.9 Å². The SMILES string of the molecule is Cc1cc(O)c(C(c2ccncc2)c2c(O)n(C)c(=O)n(C)c2=O)c(=O)o1. The molecule has 0 radical (unpaired) electrons. The maximum absolute atomic E-state index is 12.8. The Labute approximate surface area is 152 Å². The van der Waals surface area contributed by atoms with E-state index < -0.39 is 28.7 Å². The first-order valence-electron chi connectivity index (χ1n) is 7.96. The van der Waals surface area contributed by atoms with Crippen LogP contribution in [0.15, 0.2) is 49.4 Å². The van der Waals surface area contributed by atoms with Crippen LogP contribution in [0.25, 0.3) is 0 Å². The number of hydrogen-bond donors (Lipinski definition) is 2. The second-order valence-electron chi connectivity index (χ2n) is 6.10. The molecule has 0 amide bonds. The maximum atomic E-state index is 12.8. The first-order chi connectivity index (χ1) is 12.7. The minimum absolute atomic E-state index is 0.187. The lowest BCUT2D eigenvalue weighted by molar-refractivity contribution is 0.396. The Bertz CT molecular complexity index is 1190. The summed E-state index contributed by atoms with van der Waals surface area (Å²) in [6.07, 6.45) is 2.89. The lowest BCUT2D eigenvalue weighted by Crippen LogP contribution is -2.40. The average Bonchev–Trinajstić information content (AvgIpc) is 2.63. The largest absolute Gasteiger partial charge is 0.507 e. The summed E-state index contributed by atoms with van der Waals surface area (Å²) >= 11 is 0. The van der Waals surface area contributed by atoms with Crippen LogP contribution in [0.2, 0.25) is 0 Å². The predicted molar refractivity (Wildman–Crippen MR) is 95.2 cm³/mol. The van der Waals surface area contributed by atoms with Gasteiger partial charge in [0.25, 0.3) is 5.56 Å².